The van der Waals surface area contributed by atoms with Crippen molar-refractivity contribution in [3.8, 4) is 0 Å². The van der Waals surface area contributed by atoms with E-state index in [0.29, 0.717) is 12.3 Å². The summed E-state index contributed by atoms with van der Waals surface area (Å²) in [6.45, 7) is 7.24. The van der Waals surface area contributed by atoms with Crippen LogP contribution in [0.25, 0.3) is 0 Å². The van der Waals surface area contributed by atoms with E-state index in [2.05, 4.69) is 36.2 Å². The first kappa shape index (κ1) is 21.8. The Labute approximate surface area is 175 Å². The molecule has 2 amide bonds. The number of aryl methyl sites for hydroxylation is 1. The lowest BCUT2D eigenvalue weighted by Gasteiger charge is -2.41. The Morgan fingerprint density at radius 3 is 2.34 bits per heavy atom. The summed E-state index contributed by atoms with van der Waals surface area (Å²) < 4.78 is 0. The second kappa shape index (κ2) is 10.8. The molecule has 3 rings (SSSR count). The van der Waals surface area contributed by atoms with Gasteiger partial charge in [0.15, 0.2) is 0 Å². The number of amides is 2. The summed E-state index contributed by atoms with van der Waals surface area (Å²) in [5.74, 6) is 0.879. The van der Waals surface area contributed by atoms with E-state index < -0.39 is 0 Å². The Morgan fingerprint density at radius 2 is 1.72 bits per heavy atom. The first-order chi connectivity index (χ1) is 14.1. The van der Waals surface area contributed by atoms with Crippen LogP contribution in [0, 0.1) is 5.92 Å². The molecule has 1 saturated heterocycles. The number of rotatable bonds is 8. The first-order valence-corrected chi connectivity index (χ1v) is 11.4. The zero-order valence-electron chi connectivity index (χ0n) is 18.1. The largest absolute Gasteiger partial charge is 0.352 e. The third-order valence-electron chi connectivity index (χ3n) is 6.65. The minimum atomic E-state index is -0.0342. The molecule has 0 radical (unpaired) electrons. The molecule has 0 bridgehead atoms. The van der Waals surface area contributed by atoms with Crippen molar-refractivity contribution in [1.82, 2.24) is 15.1 Å². The number of nitrogens with zero attached hydrogens (tertiary/aromatic N) is 2. The molecule has 29 heavy (non-hydrogen) atoms. The van der Waals surface area contributed by atoms with Crippen molar-refractivity contribution in [2.75, 3.05) is 26.2 Å². The summed E-state index contributed by atoms with van der Waals surface area (Å²) in [7, 11) is 0. The number of nitrogens with one attached hydrogen (secondary N) is 1. The molecule has 5 nitrogen and oxygen atoms in total. The molecule has 1 aliphatic heterocycles. The molecule has 1 saturated carbocycles. The van der Waals surface area contributed by atoms with Gasteiger partial charge in [-0.15, -0.1) is 0 Å². The predicted octanol–water partition coefficient (Wildman–Crippen LogP) is 3.24. The van der Waals surface area contributed by atoms with Gasteiger partial charge in [-0.1, -0.05) is 50.1 Å². The van der Waals surface area contributed by atoms with E-state index in [1.54, 1.807) is 0 Å². The van der Waals surface area contributed by atoms with Gasteiger partial charge in [-0.25, -0.2) is 0 Å². The molecule has 0 unspecified atom stereocenters. The highest BCUT2D eigenvalue weighted by Crippen LogP contribution is 2.31. The van der Waals surface area contributed by atoms with Crippen molar-refractivity contribution in [3.05, 3.63) is 35.9 Å². The van der Waals surface area contributed by atoms with E-state index in [9.17, 15) is 9.59 Å². The van der Waals surface area contributed by atoms with Gasteiger partial charge in [0, 0.05) is 38.6 Å². The Balaban J connectivity index is 1.53. The molecule has 2 atom stereocenters. The molecule has 5 heteroatoms. The highest BCUT2D eigenvalue weighted by molar-refractivity contribution is 5.82. The zero-order chi connectivity index (χ0) is 20.6. The normalized spacial score (nSPS) is 20.4. The Hall–Kier alpha value is -1.88. The lowest BCUT2D eigenvalue weighted by molar-refractivity contribution is -0.135. The van der Waals surface area contributed by atoms with Crippen LogP contribution in [0.4, 0.5) is 0 Å². The van der Waals surface area contributed by atoms with E-state index in [1.807, 2.05) is 23.1 Å². The summed E-state index contributed by atoms with van der Waals surface area (Å²) in [5.41, 5.74) is 1.21. The quantitative estimate of drug-likeness (QED) is 0.730. The van der Waals surface area contributed by atoms with Gasteiger partial charge in [0.2, 0.25) is 11.8 Å². The van der Waals surface area contributed by atoms with Crippen LogP contribution in [-0.4, -0.2) is 59.9 Å². The Morgan fingerprint density at radius 1 is 1.07 bits per heavy atom. The van der Waals surface area contributed by atoms with Gasteiger partial charge in [0.1, 0.15) is 0 Å². The third kappa shape index (κ3) is 6.05. The van der Waals surface area contributed by atoms with E-state index in [4.69, 9.17) is 0 Å². The van der Waals surface area contributed by atoms with Crippen LogP contribution in [0.5, 0.6) is 0 Å². The van der Waals surface area contributed by atoms with E-state index in [1.165, 1.54) is 18.4 Å². The number of hydrogen-bond donors (Lipinski definition) is 1. The molecule has 1 aromatic rings. The fraction of sp³-hybridized carbons (Fsp3) is 0.667. The minimum Gasteiger partial charge on any atom is -0.352 e. The molecule has 2 aliphatic rings. The van der Waals surface area contributed by atoms with Crippen LogP contribution in [0.3, 0.4) is 0 Å². The molecule has 1 N–H and O–H groups in total. The molecule has 0 spiro atoms. The molecular formula is C24H37N3O2. The maximum atomic E-state index is 13.0. The lowest BCUT2D eigenvalue weighted by Crippen LogP contribution is -2.58. The Bertz CT molecular complexity index is 649. The molecule has 1 heterocycles. The smallest absolute Gasteiger partial charge is 0.237 e. The van der Waals surface area contributed by atoms with E-state index in [0.717, 1.165) is 51.9 Å². The van der Waals surface area contributed by atoms with Crippen molar-refractivity contribution in [1.29, 1.82) is 0 Å². The molecule has 1 aliphatic carbocycles. The Kier molecular flexibility index (Phi) is 8.10. The number of carbonyl (C=O) groups excluding carboxylic acids is 2. The van der Waals surface area contributed by atoms with Gasteiger partial charge in [0.05, 0.1) is 6.04 Å². The van der Waals surface area contributed by atoms with Gasteiger partial charge >= 0.3 is 0 Å². The molecule has 2 fully saturated rings. The summed E-state index contributed by atoms with van der Waals surface area (Å²) in [6, 6.07) is 10.4. The van der Waals surface area contributed by atoms with Gasteiger partial charge in [-0.2, -0.15) is 0 Å². The SMILES string of the molecule is CC[C@@H](C)NC(=O)[C@@H](C1CCCC1)N1CCN(C(=O)CCc2ccccc2)CC1. The second-order valence-corrected chi connectivity index (χ2v) is 8.71. The van der Waals surface area contributed by atoms with Crippen LogP contribution < -0.4 is 5.32 Å². The van der Waals surface area contributed by atoms with Crippen LogP contribution in [0.2, 0.25) is 0 Å². The van der Waals surface area contributed by atoms with E-state index >= 15 is 0 Å². The molecule has 0 aromatic heterocycles. The number of benzene rings is 1. The third-order valence-corrected chi connectivity index (χ3v) is 6.65. The number of hydrogen-bond acceptors (Lipinski definition) is 3. The van der Waals surface area contributed by atoms with Gasteiger partial charge in [-0.3, -0.25) is 14.5 Å². The topological polar surface area (TPSA) is 52.7 Å². The highest BCUT2D eigenvalue weighted by atomic mass is 16.2. The van der Waals surface area contributed by atoms with Crippen molar-refractivity contribution < 1.29 is 9.59 Å². The molecule has 160 valence electrons. The minimum absolute atomic E-state index is 0.0342. The monoisotopic (exact) mass is 399 g/mol. The highest BCUT2D eigenvalue weighted by Gasteiger charge is 2.37. The molecular weight excluding hydrogens is 362 g/mol. The summed E-state index contributed by atoms with van der Waals surface area (Å²) >= 11 is 0. The fourth-order valence-corrected chi connectivity index (χ4v) is 4.69. The average Bonchev–Trinajstić information content (AvgIpc) is 3.27. The van der Waals surface area contributed by atoms with Crippen LogP contribution in [0.15, 0.2) is 30.3 Å². The first-order valence-electron chi connectivity index (χ1n) is 11.4. The predicted molar refractivity (Wildman–Crippen MR) is 117 cm³/mol. The fourth-order valence-electron chi connectivity index (χ4n) is 4.69. The van der Waals surface area contributed by atoms with Gasteiger partial charge in [0.25, 0.3) is 0 Å². The second-order valence-electron chi connectivity index (χ2n) is 8.71. The van der Waals surface area contributed by atoms with Gasteiger partial charge in [-0.05, 0) is 44.1 Å². The maximum Gasteiger partial charge on any atom is 0.237 e. The van der Waals surface area contributed by atoms with Crippen LogP contribution in [-0.2, 0) is 16.0 Å². The summed E-state index contributed by atoms with van der Waals surface area (Å²) in [4.78, 5) is 30.0. The van der Waals surface area contributed by atoms with Crippen LogP contribution >= 0.6 is 0 Å². The summed E-state index contributed by atoms with van der Waals surface area (Å²) in [5, 5.41) is 3.22. The standard InChI is InChI=1S/C24H37N3O2/c1-3-19(2)25-24(29)23(21-11-7-8-12-21)27-17-15-26(16-18-27)22(28)14-13-20-9-5-4-6-10-20/h4-6,9-10,19,21,23H,3,7-8,11-18H2,1-2H3,(H,25,29)/t19-,23-/m1/s1. The number of piperazine rings is 1. The lowest BCUT2D eigenvalue weighted by atomic mass is 9.94. The summed E-state index contributed by atoms with van der Waals surface area (Å²) in [6.07, 6.45) is 7.06. The zero-order valence-corrected chi connectivity index (χ0v) is 18.1. The van der Waals surface area contributed by atoms with Crippen molar-refractivity contribution >= 4 is 11.8 Å². The van der Waals surface area contributed by atoms with Crippen molar-refractivity contribution in [3.63, 3.8) is 0 Å². The van der Waals surface area contributed by atoms with Crippen LogP contribution in [0.1, 0.15) is 57.9 Å². The maximum absolute atomic E-state index is 13.0. The van der Waals surface area contributed by atoms with E-state index in [-0.39, 0.29) is 23.9 Å². The van der Waals surface area contributed by atoms with Crippen molar-refractivity contribution in [2.45, 2.75) is 70.9 Å². The van der Waals surface area contributed by atoms with Gasteiger partial charge < -0.3 is 10.2 Å². The van der Waals surface area contributed by atoms with Crippen molar-refractivity contribution in [2.24, 2.45) is 5.92 Å². The number of carbonyl (C=O) groups is 2. The molecule has 1 aromatic carbocycles. The average molecular weight is 400 g/mol.